The molecule has 1 saturated heterocycles. The summed E-state index contributed by atoms with van der Waals surface area (Å²) in [5.74, 6) is 0. The predicted octanol–water partition coefficient (Wildman–Crippen LogP) is 1.80. The zero-order valence-electron chi connectivity index (χ0n) is 11.7. The molecule has 0 spiro atoms. The summed E-state index contributed by atoms with van der Waals surface area (Å²) in [5.41, 5.74) is 8.35. The lowest BCUT2D eigenvalue weighted by Crippen LogP contribution is -2.46. The molecule has 2 N–H and O–H groups in total. The van der Waals surface area contributed by atoms with Crippen molar-refractivity contribution in [1.82, 2.24) is 4.98 Å². The Morgan fingerprint density at radius 1 is 1.24 bits per heavy atom. The van der Waals surface area contributed by atoms with E-state index in [0.29, 0.717) is 12.1 Å². The Morgan fingerprint density at radius 3 is 2.62 bits per heavy atom. The van der Waals surface area contributed by atoms with Gasteiger partial charge in [-0.25, -0.2) is 4.98 Å². The van der Waals surface area contributed by atoms with Crippen LogP contribution < -0.4 is 15.5 Å². The molecule has 2 aromatic rings. The highest BCUT2D eigenvalue weighted by molar-refractivity contribution is 7.13. The average Bonchev–Trinajstić information content (AvgIpc) is 3.09. The number of rotatable bonds is 3. The molecule has 0 saturated carbocycles. The molecule has 1 aromatic carbocycles. The molecule has 108 valence electrons. The summed E-state index contributed by atoms with van der Waals surface area (Å²) >= 11 is 1.67. The van der Waals surface area contributed by atoms with Crippen LogP contribution in [0.15, 0.2) is 29.8 Å². The van der Waals surface area contributed by atoms with Crippen molar-refractivity contribution in [1.29, 1.82) is 5.26 Å². The Balaban J connectivity index is 1.74. The Labute approximate surface area is 128 Å². The van der Waals surface area contributed by atoms with Crippen LogP contribution in [0, 0.1) is 11.3 Å². The van der Waals surface area contributed by atoms with E-state index in [2.05, 4.69) is 20.9 Å². The van der Waals surface area contributed by atoms with Crippen LogP contribution >= 0.6 is 11.3 Å². The van der Waals surface area contributed by atoms with Crippen molar-refractivity contribution >= 4 is 22.2 Å². The Kier molecular flexibility index (Phi) is 4.04. The second-order valence-electron chi connectivity index (χ2n) is 4.96. The minimum Gasteiger partial charge on any atom is -0.367 e. The molecular formula is C15H17N5S. The molecule has 0 atom stereocenters. The van der Waals surface area contributed by atoms with Crippen molar-refractivity contribution in [2.75, 3.05) is 36.0 Å². The second-order valence-corrected chi connectivity index (χ2v) is 5.83. The third-order valence-corrected chi connectivity index (χ3v) is 4.56. The molecule has 1 aromatic heterocycles. The summed E-state index contributed by atoms with van der Waals surface area (Å²) in [4.78, 5) is 8.91. The average molecular weight is 299 g/mol. The number of hydrogen-bond acceptors (Lipinski definition) is 6. The summed E-state index contributed by atoms with van der Waals surface area (Å²) in [6, 6.07) is 8.19. The zero-order valence-corrected chi connectivity index (χ0v) is 12.5. The van der Waals surface area contributed by atoms with Gasteiger partial charge in [0.15, 0.2) is 5.13 Å². The topological polar surface area (TPSA) is 69.2 Å². The molecule has 6 heteroatoms. The first-order valence-electron chi connectivity index (χ1n) is 6.94. The second kappa shape index (κ2) is 6.12. The molecule has 5 nitrogen and oxygen atoms in total. The van der Waals surface area contributed by atoms with Gasteiger partial charge in [-0.2, -0.15) is 5.26 Å². The summed E-state index contributed by atoms with van der Waals surface area (Å²) in [7, 11) is 0. The van der Waals surface area contributed by atoms with E-state index in [1.807, 2.05) is 29.8 Å². The molecule has 1 aliphatic heterocycles. The van der Waals surface area contributed by atoms with Gasteiger partial charge < -0.3 is 15.5 Å². The molecule has 3 rings (SSSR count). The summed E-state index contributed by atoms with van der Waals surface area (Å²) < 4.78 is 0. The highest BCUT2D eigenvalue weighted by Gasteiger charge is 2.20. The first kappa shape index (κ1) is 13.9. The molecule has 0 radical (unpaired) electrons. The van der Waals surface area contributed by atoms with E-state index in [1.165, 1.54) is 0 Å². The molecule has 1 fully saturated rings. The minimum absolute atomic E-state index is 0.465. The number of nitrogens with two attached hydrogens (primary N) is 1. The van der Waals surface area contributed by atoms with Gasteiger partial charge in [0.1, 0.15) is 6.07 Å². The summed E-state index contributed by atoms with van der Waals surface area (Å²) in [5, 5.41) is 12.4. The maximum absolute atomic E-state index is 9.34. The number of hydrogen-bond donors (Lipinski definition) is 1. The van der Waals surface area contributed by atoms with Crippen LogP contribution in [0.25, 0.3) is 0 Å². The Hall–Kier alpha value is -2.10. The maximum atomic E-state index is 9.34. The molecule has 21 heavy (non-hydrogen) atoms. The fourth-order valence-electron chi connectivity index (χ4n) is 2.59. The van der Waals surface area contributed by atoms with Crippen molar-refractivity contribution in [3.05, 3.63) is 40.9 Å². The van der Waals surface area contributed by atoms with E-state index in [-0.39, 0.29) is 0 Å². The van der Waals surface area contributed by atoms with Crippen LogP contribution in [0.3, 0.4) is 0 Å². The number of aromatic nitrogens is 1. The monoisotopic (exact) mass is 299 g/mol. The van der Waals surface area contributed by atoms with E-state index in [9.17, 15) is 5.26 Å². The lowest BCUT2D eigenvalue weighted by Gasteiger charge is -2.36. The van der Waals surface area contributed by atoms with Gasteiger partial charge in [-0.3, -0.25) is 0 Å². The summed E-state index contributed by atoms with van der Waals surface area (Å²) in [6.07, 6.45) is 1.84. The van der Waals surface area contributed by atoms with Crippen LogP contribution in [-0.2, 0) is 6.54 Å². The van der Waals surface area contributed by atoms with Gasteiger partial charge in [0, 0.05) is 44.3 Å². The first-order valence-corrected chi connectivity index (χ1v) is 7.82. The Morgan fingerprint density at radius 2 is 2.00 bits per heavy atom. The lowest BCUT2D eigenvalue weighted by atomic mass is 10.1. The molecule has 1 aliphatic rings. The van der Waals surface area contributed by atoms with Crippen LogP contribution in [0.5, 0.6) is 0 Å². The highest BCUT2D eigenvalue weighted by atomic mass is 32.1. The quantitative estimate of drug-likeness (QED) is 0.936. The largest absolute Gasteiger partial charge is 0.367 e. The van der Waals surface area contributed by atoms with Crippen molar-refractivity contribution in [2.24, 2.45) is 5.73 Å². The van der Waals surface area contributed by atoms with Gasteiger partial charge in [-0.15, -0.1) is 11.3 Å². The van der Waals surface area contributed by atoms with Gasteiger partial charge in [0.2, 0.25) is 0 Å². The third-order valence-electron chi connectivity index (χ3n) is 3.73. The van der Waals surface area contributed by atoms with Crippen LogP contribution in [0.2, 0.25) is 0 Å². The van der Waals surface area contributed by atoms with Crippen molar-refractivity contribution in [3.63, 3.8) is 0 Å². The van der Waals surface area contributed by atoms with E-state index in [1.54, 1.807) is 11.3 Å². The van der Waals surface area contributed by atoms with Gasteiger partial charge in [0.05, 0.1) is 11.3 Å². The molecule has 0 unspecified atom stereocenters. The van der Waals surface area contributed by atoms with Crippen LogP contribution in [-0.4, -0.2) is 31.2 Å². The van der Waals surface area contributed by atoms with Gasteiger partial charge in [0.25, 0.3) is 0 Å². The smallest absolute Gasteiger partial charge is 0.185 e. The molecular weight excluding hydrogens is 282 g/mol. The standard InChI is InChI=1S/C15H17N5S/c16-10-12-1-2-14(13(9-12)11-17)19-4-6-20(7-5-19)15-18-3-8-21-15/h1-3,8-9H,4-7,10,16H2. The van der Waals surface area contributed by atoms with Gasteiger partial charge in [-0.05, 0) is 17.7 Å². The minimum atomic E-state index is 0.465. The fraction of sp³-hybridized carbons (Fsp3) is 0.333. The van der Waals surface area contributed by atoms with Crippen molar-refractivity contribution < 1.29 is 0 Å². The summed E-state index contributed by atoms with van der Waals surface area (Å²) in [6.45, 7) is 4.12. The number of nitrogens with zero attached hydrogens (tertiary/aromatic N) is 4. The van der Waals surface area contributed by atoms with Gasteiger partial charge in [-0.1, -0.05) is 6.07 Å². The first-order chi connectivity index (χ1) is 10.3. The fourth-order valence-corrected chi connectivity index (χ4v) is 3.28. The Bertz CT molecular complexity index is 639. The third kappa shape index (κ3) is 2.84. The number of anilines is 2. The number of thiazole rings is 1. The molecule has 2 heterocycles. The van der Waals surface area contributed by atoms with E-state index in [4.69, 9.17) is 5.73 Å². The van der Waals surface area contributed by atoms with Crippen molar-refractivity contribution in [3.8, 4) is 6.07 Å². The highest BCUT2D eigenvalue weighted by Crippen LogP contribution is 2.25. The van der Waals surface area contributed by atoms with Crippen LogP contribution in [0.1, 0.15) is 11.1 Å². The SMILES string of the molecule is N#Cc1cc(CN)ccc1N1CCN(c2nccs2)CC1. The number of piperazine rings is 1. The molecule has 0 amide bonds. The number of benzene rings is 1. The zero-order chi connectivity index (χ0) is 14.7. The van der Waals surface area contributed by atoms with E-state index in [0.717, 1.165) is 42.6 Å². The molecule has 0 aliphatic carbocycles. The van der Waals surface area contributed by atoms with Crippen LogP contribution in [0.4, 0.5) is 10.8 Å². The van der Waals surface area contributed by atoms with Gasteiger partial charge >= 0.3 is 0 Å². The van der Waals surface area contributed by atoms with Crippen molar-refractivity contribution in [2.45, 2.75) is 6.54 Å². The lowest BCUT2D eigenvalue weighted by molar-refractivity contribution is 0.651. The van der Waals surface area contributed by atoms with E-state index >= 15 is 0 Å². The normalized spacial score (nSPS) is 15.0. The predicted molar refractivity (Wildman–Crippen MR) is 85.6 cm³/mol. The number of nitriles is 1. The molecule has 0 bridgehead atoms. The van der Waals surface area contributed by atoms with E-state index < -0.39 is 0 Å². The maximum Gasteiger partial charge on any atom is 0.185 e.